The van der Waals surface area contributed by atoms with Crippen molar-refractivity contribution < 1.29 is 26.7 Å². The number of nitrogens with zero attached hydrogens (tertiary/aromatic N) is 2. The van der Waals surface area contributed by atoms with Gasteiger partial charge in [-0.25, -0.2) is 0 Å². The van der Waals surface area contributed by atoms with Crippen LogP contribution in [0.2, 0.25) is 0 Å². The van der Waals surface area contributed by atoms with Crippen LogP contribution in [0.5, 0.6) is 0 Å². The molecular weight excluding hydrogens is 303 g/mol. The van der Waals surface area contributed by atoms with Gasteiger partial charge in [-0.05, 0) is 17.9 Å². The number of carbonyl (C=O) groups is 1. The molecule has 18 heavy (non-hydrogen) atoms. The molecule has 0 atom stereocenters. The molecule has 10 heteroatoms. The number of carbonyl (C=O) groups excluding carboxylic acids is 1. The number of thioether (sulfide) groups is 1. The lowest BCUT2D eigenvalue weighted by molar-refractivity contribution is -0.292. The van der Waals surface area contributed by atoms with Crippen molar-refractivity contribution in [2.75, 3.05) is 6.26 Å². The minimum atomic E-state index is -5.79. The van der Waals surface area contributed by atoms with E-state index in [0.29, 0.717) is 16.4 Å². The standard InChI is InChI=1S/C8H6ClF5N2OS/c1-16-3(6(9)17)4(18-2)5(15-16)7(10,11)8(12,13)14/h1-2H3. The van der Waals surface area contributed by atoms with E-state index in [1.807, 2.05) is 0 Å². The summed E-state index contributed by atoms with van der Waals surface area (Å²) in [5, 5.41) is 1.91. The Kier molecular flexibility index (Phi) is 3.97. The summed E-state index contributed by atoms with van der Waals surface area (Å²) in [6.07, 6.45) is -4.55. The Bertz CT molecular complexity index is 485. The van der Waals surface area contributed by atoms with Crippen molar-refractivity contribution in [3.8, 4) is 0 Å². The fourth-order valence-corrected chi connectivity index (χ4v) is 2.31. The molecule has 0 amide bonds. The van der Waals surface area contributed by atoms with Crippen LogP contribution in [0.3, 0.4) is 0 Å². The molecular formula is C8H6ClF5N2OS. The van der Waals surface area contributed by atoms with Gasteiger partial charge in [0.2, 0.25) is 0 Å². The number of halogens is 6. The third kappa shape index (κ3) is 2.33. The summed E-state index contributed by atoms with van der Waals surface area (Å²) in [7, 11) is 1.06. The Hall–Kier alpha value is -0.830. The van der Waals surface area contributed by atoms with Gasteiger partial charge in [0.15, 0.2) is 5.69 Å². The molecule has 0 saturated heterocycles. The van der Waals surface area contributed by atoms with E-state index in [-0.39, 0.29) is 0 Å². The predicted molar refractivity (Wildman–Crippen MR) is 55.1 cm³/mol. The predicted octanol–water partition coefficient (Wildman–Crippen LogP) is 3.18. The van der Waals surface area contributed by atoms with E-state index in [2.05, 4.69) is 5.10 Å². The first kappa shape index (κ1) is 15.2. The van der Waals surface area contributed by atoms with E-state index in [9.17, 15) is 26.7 Å². The SMILES string of the molecule is CSc1c(C(F)(F)C(F)(F)F)nn(C)c1C(=O)Cl. The van der Waals surface area contributed by atoms with E-state index < -0.39 is 33.6 Å². The lowest BCUT2D eigenvalue weighted by atomic mass is 10.2. The first-order chi connectivity index (χ1) is 8.04. The van der Waals surface area contributed by atoms with Gasteiger partial charge in [-0.1, -0.05) is 0 Å². The van der Waals surface area contributed by atoms with E-state index in [1.165, 1.54) is 6.26 Å². The zero-order chi connectivity index (χ0) is 14.3. The average molecular weight is 309 g/mol. The fraction of sp³-hybridized carbons (Fsp3) is 0.500. The van der Waals surface area contributed by atoms with E-state index in [1.54, 1.807) is 0 Å². The zero-order valence-electron chi connectivity index (χ0n) is 8.98. The molecule has 0 aliphatic rings. The highest BCUT2D eigenvalue weighted by Crippen LogP contribution is 2.46. The van der Waals surface area contributed by atoms with Crippen molar-refractivity contribution in [3.63, 3.8) is 0 Å². The molecule has 0 N–H and O–H groups in total. The first-order valence-electron chi connectivity index (χ1n) is 4.29. The van der Waals surface area contributed by atoms with Crippen LogP contribution in [0.1, 0.15) is 16.2 Å². The average Bonchev–Trinajstić information content (AvgIpc) is 2.53. The van der Waals surface area contributed by atoms with Gasteiger partial charge in [0.1, 0.15) is 5.69 Å². The van der Waals surface area contributed by atoms with Crippen molar-refractivity contribution in [3.05, 3.63) is 11.4 Å². The largest absolute Gasteiger partial charge is 0.459 e. The van der Waals surface area contributed by atoms with Crippen LogP contribution in [0.25, 0.3) is 0 Å². The highest BCUT2D eigenvalue weighted by Gasteiger charge is 2.62. The maximum atomic E-state index is 13.2. The minimum Gasteiger partial charge on any atom is -0.274 e. The lowest BCUT2D eigenvalue weighted by Gasteiger charge is -2.18. The molecule has 0 aromatic carbocycles. The summed E-state index contributed by atoms with van der Waals surface area (Å²) < 4.78 is 63.8. The van der Waals surface area contributed by atoms with Gasteiger partial charge >= 0.3 is 12.1 Å². The van der Waals surface area contributed by atoms with Gasteiger partial charge in [-0.15, -0.1) is 11.8 Å². The number of rotatable bonds is 3. The summed E-state index contributed by atoms with van der Waals surface area (Å²) in [4.78, 5) is 10.4. The number of aromatic nitrogens is 2. The zero-order valence-corrected chi connectivity index (χ0v) is 10.6. The Morgan fingerprint density at radius 2 is 1.83 bits per heavy atom. The summed E-state index contributed by atoms with van der Waals surface area (Å²) in [6.45, 7) is 0. The number of hydrogen-bond donors (Lipinski definition) is 0. The van der Waals surface area contributed by atoms with Crippen LogP contribution in [-0.4, -0.2) is 27.5 Å². The topological polar surface area (TPSA) is 34.9 Å². The van der Waals surface area contributed by atoms with Crippen molar-refractivity contribution in [2.24, 2.45) is 7.05 Å². The first-order valence-corrected chi connectivity index (χ1v) is 5.90. The van der Waals surface area contributed by atoms with Crippen LogP contribution in [0.4, 0.5) is 22.0 Å². The Morgan fingerprint density at radius 1 is 1.33 bits per heavy atom. The van der Waals surface area contributed by atoms with Gasteiger partial charge in [-0.3, -0.25) is 9.48 Å². The van der Waals surface area contributed by atoms with Crippen LogP contribution >= 0.6 is 23.4 Å². The second-order valence-corrected chi connectivity index (χ2v) is 4.36. The van der Waals surface area contributed by atoms with Crippen LogP contribution in [-0.2, 0) is 13.0 Å². The smallest absolute Gasteiger partial charge is 0.274 e. The quantitative estimate of drug-likeness (QED) is 0.489. The molecule has 0 fully saturated rings. The van der Waals surface area contributed by atoms with Crippen LogP contribution < -0.4 is 0 Å². The van der Waals surface area contributed by atoms with Gasteiger partial charge in [0.05, 0.1) is 4.90 Å². The van der Waals surface area contributed by atoms with Gasteiger partial charge in [-0.2, -0.15) is 27.1 Å². The van der Waals surface area contributed by atoms with Crippen molar-refractivity contribution in [1.29, 1.82) is 0 Å². The maximum absolute atomic E-state index is 13.2. The van der Waals surface area contributed by atoms with Gasteiger partial charge in [0, 0.05) is 7.05 Å². The molecule has 0 radical (unpaired) electrons. The second kappa shape index (κ2) is 4.69. The Labute approximate surface area is 107 Å². The van der Waals surface area contributed by atoms with E-state index >= 15 is 0 Å². The van der Waals surface area contributed by atoms with E-state index in [4.69, 9.17) is 11.6 Å². The molecule has 1 aromatic rings. The fourth-order valence-electron chi connectivity index (χ4n) is 1.25. The summed E-state index contributed by atoms with van der Waals surface area (Å²) >= 11 is 5.68. The number of hydrogen-bond acceptors (Lipinski definition) is 3. The molecule has 0 aliphatic carbocycles. The molecule has 0 saturated carbocycles. The molecule has 1 aromatic heterocycles. The van der Waals surface area contributed by atoms with Crippen molar-refractivity contribution >= 4 is 28.6 Å². The highest BCUT2D eigenvalue weighted by molar-refractivity contribution is 7.98. The molecule has 3 nitrogen and oxygen atoms in total. The number of aryl methyl sites for hydroxylation is 1. The van der Waals surface area contributed by atoms with Crippen molar-refractivity contribution in [1.82, 2.24) is 9.78 Å². The number of alkyl halides is 5. The van der Waals surface area contributed by atoms with Crippen LogP contribution in [0.15, 0.2) is 4.90 Å². The summed E-state index contributed by atoms with van der Waals surface area (Å²) in [5.41, 5.74) is -2.02. The molecule has 1 rings (SSSR count). The third-order valence-electron chi connectivity index (χ3n) is 2.05. The monoisotopic (exact) mass is 308 g/mol. The summed E-state index contributed by atoms with van der Waals surface area (Å²) in [6, 6.07) is 0. The Morgan fingerprint density at radius 3 is 2.17 bits per heavy atom. The molecule has 102 valence electrons. The lowest BCUT2D eigenvalue weighted by Crippen LogP contribution is -2.34. The normalized spacial score (nSPS) is 12.9. The summed E-state index contributed by atoms with van der Waals surface area (Å²) in [5.74, 6) is -5.15. The van der Waals surface area contributed by atoms with Gasteiger partial charge < -0.3 is 0 Å². The maximum Gasteiger partial charge on any atom is 0.459 e. The third-order valence-corrected chi connectivity index (χ3v) is 3.02. The minimum absolute atomic E-state index is 0.497. The second-order valence-electron chi connectivity index (χ2n) is 3.20. The molecule has 0 bridgehead atoms. The molecule has 0 aliphatic heterocycles. The highest BCUT2D eigenvalue weighted by atomic mass is 35.5. The van der Waals surface area contributed by atoms with Crippen LogP contribution in [0, 0.1) is 0 Å². The molecule has 0 unspecified atom stereocenters. The Balaban J connectivity index is 3.53. The molecule has 1 heterocycles. The van der Waals surface area contributed by atoms with Crippen molar-refractivity contribution in [2.45, 2.75) is 17.0 Å². The molecule has 0 spiro atoms. The van der Waals surface area contributed by atoms with Gasteiger partial charge in [0.25, 0.3) is 5.24 Å². The van der Waals surface area contributed by atoms with E-state index in [0.717, 1.165) is 7.05 Å².